The molecule has 5 heteroatoms. The van der Waals surface area contributed by atoms with E-state index in [1.165, 1.54) is 6.42 Å². The molecule has 5 nitrogen and oxygen atoms in total. The molecular formula is C17H23N3O2. The van der Waals surface area contributed by atoms with Crippen molar-refractivity contribution in [2.75, 3.05) is 36.4 Å². The first-order valence-electron chi connectivity index (χ1n) is 7.98. The fourth-order valence-electron chi connectivity index (χ4n) is 3.16. The van der Waals surface area contributed by atoms with Crippen LogP contribution in [0.2, 0.25) is 0 Å². The lowest BCUT2D eigenvalue weighted by molar-refractivity contribution is -0.122. The van der Waals surface area contributed by atoms with Crippen molar-refractivity contribution in [1.82, 2.24) is 4.90 Å². The summed E-state index contributed by atoms with van der Waals surface area (Å²) < 4.78 is 0. The van der Waals surface area contributed by atoms with Gasteiger partial charge in [0.05, 0.1) is 17.9 Å². The van der Waals surface area contributed by atoms with E-state index in [1.54, 1.807) is 4.90 Å². The number of hydrogen-bond acceptors (Lipinski definition) is 3. The first kappa shape index (κ1) is 15.0. The molecule has 0 bridgehead atoms. The molecule has 0 aliphatic carbocycles. The number of aryl methyl sites for hydroxylation is 2. The van der Waals surface area contributed by atoms with E-state index >= 15 is 0 Å². The summed E-state index contributed by atoms with van der Waals surface area (Å²) in [6, 6.07) is 3.95. The zero-order chi connectivity index (χ0) is 15.7. The van der Waals surface area contributed by atoms with Crippen molar-refractivity contribution < 1.29 is 9.59 Å². The number of rotatable bonds is 2. The number of benzene rings is 1. The zero-order valence-electron chi connectivity index (χ0n) is 13.3. The molecule has 3 rings (SSSR count). The minimum Gasteiger partial charge on any atom is -0.323 e. The van der Waals surface area contributed by atoms with Gasteiger partial charge in [-0.15, -0.1) is 0 Å². The molecule has 0 aromatic heterocycles. The molecule has 2 heterocycles. The van der Waals surface area contributed by atoms with Gasteiger partial charge in [-0.2, -0.15) is 0 Å². The van der Waals surface area contributed by atoms with E-state index in [2.05, 4.69) is 10.2 Å². The van der Waals surface area contributed by atoms with Gasteiger partial charge in [-0.1, -0.05) is 6.42 Å². The molecule has 1 aromatic carbocycles. The maximum atomic E-state index is 12.7. The van der Waals surface area contributed by atoms with Gasteiger partial charge in [0.2, 0.25) is 11.8 Å². The third kappa shape index (κ3) is 2.99. The molecule has 2 aliphatic heterocycles. The third-order valence-corrected chi connectivity index (χ3v) is 4.59. The average Bonchev–Trinajstić information content (AvgIpc) is 2.49. The maximum absolute atomic E-state index is 12.7. The van der Waals surface area contributed by atoms with Crippen LogP contribution in [0.25, 0.3) is 0 Å². The van der Waals surface area contributed by atoms with Crippen LogP contribution in [0.1, 0.15) is 30.4 Å². The number of nitrogens with zero attached hydrogens (tertiary/aromatic N) is 2. The summed E-state index contributed by atoms with van der Waals surface area (Å²) in [5.41, 5.74) is 3.81. The predicted octanol–water partition coefficient (Wildman–Crippen LogP) is 2.07. The van der Waals surface area contributed by atoms with Gasteiger partial charge >= 0.3 is 0 Å². The molecule has 1 fully saturated rings. The Hall–Kier alpha value is -1.88. The molecule has 0 unspecified atom stereocenters. The van der Waals surface area contributed by atoms with Crippen LogP contribution in [0.4, 0.5) is 11.4 Å². The van der Waals surface area contributed by atoms with E-state index in [0.717, 1.165) is 48.4 Å². The number of carbonyl (C=O) groups excluding carboxylic acids is 2. The second kappa shape index (κ2) is 6.08. The second-order valence-electron chi connectivity index (χ2n) is 6.32. The lowest BCUT2D eigenvalue weighted by atomic mass is 10.0. The Labute approximate surface area is 131 Å². The van der Waals surface area contributed by atoms with Gasteiger partial charge in [0, 0.05) is 0 Å². The highest BCUT2D eigenvalue weighted by atomic mass is 16.2. The Morgan fingerprint density at radius 2 is 1.82 bits per heavy atom. The fourth-order valence-corrected chi connectivity index (χ4v) is 3.16. The van der Waals surface area contributed by atoms with E-state index in [9.17, 15) is 9.59 Å². The average molecular weight is 301 g/mol. The summed E-state index contributed by atoms with van der Waals surface area (Å²) >= 11 is 0. The zero-order valence-corrected chi connectivity index (χ0v) is 13.3. The lowest BCUT2D eigenvalue weighted by Crippen LogP contribution is -2.47. The maximum Gasteiger partial charge on any atom is 0.244 e. The van der Waals surface area contributed by atoms with Crippen molar-refractivity contribution in [1.29, 1.82) is 0 Å². The van der Waals surface area contributed by atoms with E-state index < -0.39 is 0 Å². The van der Waals surface area contributed by atoms with Crippen molar-refractivity contribution in [3.05, 3.63) is 23.3 Å². The molecule has 0 radical (unpaired) electrons. The minimum absolute atomic E-state index is 0.0150. The van der Waals surface area contributed by atoms with Crippen molar-refractivity contribution in [3.63, 3.8) is 0 Å². The monoisotopic (exact) mass is 301 g/mol. The summed E-state index contributed by atoms with van der Waals surface area (Å²) in [5.74, 6) is -0.107. The highest BCUT2D eigenvalue weighted by Crippen LogP contribution is 2.32. The van der Waals surface area contributed by atoms with Crippen molar-refractivity contribution in [2.24, 2.45) is 0 Å². The molecule has 2 amide bonds. The Morgan fingerprint density at radius 1 is 1.14 bits per heavy atom. The van der Waals surface area contributed by atoms with Gasteiger partial charge in [0.25, 0.3) is 0 Å². The molecule has 22 heavy (non-hydrogen) atoms. The Morgan fingerprint density at radius 3 is 2.55 bits per heavy atom. The molecular weight excluding hydrogens is 278 g/mol. The van der Waals surface area contributed by atoms with Crippen LogP contribution in [-0.4, -0.2) is 42.9 Å². The van der Waals surface area contributed by atoms with E-state index in [-0.39, 0.29) is 18.4 Å². The molecule has 2 aliphatic rings. The first-order chi connectivity index (χ1) is 10.5. The normalized spacial score (nSPS) is 18.8. The number of anilines is 2. The van der Waals surface area contributed by atoms with Crippen LogP contribution in [0.3, 0.4) is 0 Å². The molecule has 0 spiro atoms. The summed E-state index contributed by atoms with van der Waals surface area (Å²) in [4.78, 5) is 28.4. The van der Waals surface area contributed by atoms with Crippen LogP contribution < -0.4 is 10.2 Å². The highest BCUT2D eigenvalue weighted by Gasteiger charge is 2.28. The van der Waals surface area contributed by atoms with Crippen LogP contribution in [0, 0.1) is 13.8 Å². The molecule has 0 atom stereocenters. The summed E-state index contributed by atoms with van der Waals surface area (Å²) in [7, 11) is 0. The highest BCUT2D eigenvalue weighted by molar-refractivity contribution is 6.10. The molecule has 118 valence electrons. The SMILES string of the molecule is Cc1cc2c(cc1C)N(C(=O)CN1CCCCC1)CC(=O)N2. The number of amides is 2. The van der Waals surface area contributed by atoms with Crippen LogP contribution in [-0.2, 0) is 9.59 Å². The van der Waals surface area contributed by atoms with E-state index in [1.807, 2.05) is 26.0 Å². The van der Waals surface area contributed by atoms with Gasteiger partial charge in [0.1, 0.15) is 6.54 Å². The van der Waals surface area contributed by atoms with Crippen LogP contribution in [0.15, 0.2) is 12.1 Å². The van der Waals surface area contributed by atoms with E-state index in [0.29, 0.717) is 6.54 Å². The van der Waals surface area contributed by atoms with Crippen molar-refractivity contribution in [2.45, 2.75) is 33.1 Å². The minimum atomic E-state index is -0.122. The smallest absolute Gasteiger partial charge is 0.244 e. The molecule has 1 N–H and O–H groups in total. The number of carbonyl (C=O) groups is 2. The Kier molecular flexibility index (Phi) is 4.16. The molecule has 1 aromatic rings. The number of nitrogens with one attached hydrogen (secondary N) is 1. The van der Waals surface area contributed by atoms with Crippen molar-refractivity contribution >= 4 is 23.2 Å². The largest absolute Gasteiger partial charge is 0.323 e. The van der Waals surface area contributed by atoms with Crippen LogP contribution in [0.5, 0.6) is 0 Å². The predicted molar refractivity (Wildman–Crippen MR) is 87.2 cm³/mol. The van der Waals surface area contributed by atoms with Gasteiger partial charge in [0.15, 0.2) is 0 Å². The third-order valence-electron chi connectivity index (χ3n) is 4.59. The second-order valence-corrected chi connectivity index (χ2v) is 6.32. The number of piperidine rings is 1. The topological polar surface area (TPSA) is 52.7 Å². The lowest BCUT2D eigenvalue weighted by Gasteiger charge is -2.33. The van der Waals surface area contributed by atoms with Gasteiger partial charge in [-0.3, -0.25) is 19.4 Å². The summed E-state index contributed by atoms with van der Waals surface area (Å²) in [6.07, 6.45) is 3.56. The number of hydrogen-bond donors (Lipinski definition) is 1. The first-order valence-corrected chi connectivity index (χ1v) is 7.98. The number of fused-ring (bicyclic) bond motifs is 1. The molecule has 0 saturated carbocycles. The Bertz CT molecular complexity index is 606. The molecule has 1 saturated heterocycles. The summed E-state index contributed by atoms with van der Waals surface area (Å²) in [5, 5.41) is 2.87. The van der Waals surface area contributed by atoms with Gasteiger partial charge < -0.3 is 5.32 Å². The summed E-state index contributed by atoms with van der Waals surface area (Å²) in [6.45, 7) is 6.51. The van der Waals surface area contributed by atoms with Crippen molar-refractivity contribution in [3.8, 4) is 0 Å². The fraction of sp³-hybridized carbons (Fsp3) is 0.529. The number of likely N-dealkylation sites (tertiary alicyclic amines) is 1. The Balaban J connectivity index is 1.83. The standard InChI is InChI=1S/C17H23N3O2/c1-12-8-14-15(9-13(12)2)20(10-16(21)18-14)17(22)11-19-6-4-3-5-7-19/h8-9H,3-7,10-11H2,1-2H3,(H,18,21). The quantitative estimate of drug-likeness (QED) is 0.910. The van der Waals surface area contributed by atoms with E-state index in [4.69, 9.17) is 0 Å². The van der Waals surface area contributed by atoms with Gasteiger partial charge in [-0.25, -0.2) is 0 Å². The van der Waals surface area contributed by atoms with Gasteiger partial charge in [-0.05, 0) is 63.0 Å². The van der Waals surface area contributed by atoms with Crippen LogP contribution >= 0.6 is 0 Å².